The second kappa shape index (κ2) is 9.75. The molecule has 2 aliphatic rings. The number of amides is 2. The van der Waals surface area contributed by atoms with Crippen LogP contribution in [-0.4, -0.2) is 57.5 Å². The van der Waals surface area contributed by atoms with Crippen molar-refractivity contribution in [1.82, 2.24) is 20.5 Å². The van der Waals surface area contributed by atoms with Crippen LogP contribution in [0.3, 0.4) is 0 Å². The van der Waals surface area contributed by atoms with Gasteiger partial charge in [-0.15, -0.1) is 0 Å². The summed E-state index contributed by atoms with van der Waals surface area (Å²) in [6, 6.07) is 3.09. The number of pyridine rings is 1. The third-order valence-electron chi connectivity index (χ3n) is 5.69. The van der Waals surface area contributed by atoms with E-state index in [2.05, 4.69) is 10.4 Å². The van der Waals surface area contributed by atoms with E-state index >= 15 is 0 Å². The summed E-state index contributed by atoms with van der Waals surface area (Å²) in [5, 5.41) is 11.6. The van der Waals surface area contributed by atoms with Crippen LogP contribution in [0.15, 0.2) is 24.5 Å². The lowest BCUT2D eigenvalue weighted by molar-refractivity contribution is -0.159. The Labute approximate surface area is 164 Å². The first-order valence-electron chi connectivity index (χ1n) is 9.97. The second-order valence-corrected chi connectivity index (χ2v) is 7.74. The van der Waals surface area contributed by atoms with Gasteiger partial charge in [0.05, 0.1) is 12.5 Å². The number of aromatic nitrogens is 1. The summed E-state index contributed by atoms with van der Waals surface area (Å²) in [7, 11) is 0. The molecule has 3 rings (SSSR count). The fourth-order valence-electron chi connectivity index (χ4n) is 4.29. The predicted molar refractivity (Wildman–Crippen MR) is 101 cm³/mol. The van der Waals surface area contributed by atoms with Crippen molar-refractivity contribution in [2.24, 2.45) is 11.8 Å². The maximum Gasteiger partial charge on any atom is 0.242 e. The molecule has 1 saturated carbocycles. The normalized spacial score (nSPS) is 20.9. The number of nitrogens with zero attached hydrogens (tertiary/aromatic N) is 3. The molecule has 2 amide bonds. The molecule has 1 aliphatic heterocycles. The van der Waals surface area contributed by atoms with Gasteiger partial charge >= 0.3 is 0 Å². The van der Waals surface area contributed by atoms with Crippen molar-refractivity contribution in [3.8, 4) is 0 Å². The topological polar surface area (TPSA) is 103 Å². The Balaban J connectivity index is 1.68. The lowest BCUT2D eigenvalue weighted by Crippen LogP contribution is -2.50. The molecule has 2 atom stereocenters. The molecule has 2 heterocycles. The Hall–Kier alpha value is -2.32. The number of hydrazine groups is 1. The van der Waals surface area contributed by atoms with Crippen molar-refractivity contribution in [2.75, 3.05) is 13.1 Å². The van der Waals surface area contributed by atoms with E-state index in [-0.39, 0.29) is 24.7 Å². The molecule has 8 nitrogen and oxygen atoms in total. The highest BCUT2D eigenvalue weighted by Crippen LogP contribution is 2.31. The van der Waals surface area contributed by atoms with Gasteiger partial charge in [0.2, 0.25) is 12.3 Å². The van der Waals surface area contributed by atoms with Crippen molar-refractivity contribution < 1.29 is 19.6 Å². The molecule has 28 heavy (non-hydrogen) atoms. The second-order valence-electron chi connectivity index (χ2n) is 7.74. The van der Waals surface area contributed by atoms with Gasteiger partial charge in [0.15, 0.2) is 5.78 Å². The zero-order valence-electron chi connectivity index (χ0n) is 16.0. The molecule has 0 radical (unpaired) electrons. The molecule has 0 unspecified atom stereocenters. The van der Waals surface area contributed by atoms with Gasteiger partial charge in [-0.25, -0.2) is 10.5 Å². The quantitative estimate of drug-likeness (QED) is 0.376. The smallest absolute Gasteiger partial charge is 0.242 e. The molecular formula is C20H28N4O4. The SMILES string of the molecule is O=CN(O)C[C@@H](CC1CCCC1)C(=O)N1NCC[C@H]1C(=O)Cc1cccnc1. The monoisotopic (exact) mass is 388 g/mol. The number of ketones is 1. The van der Waals surface area contributed by atoms with E-state index < -0.39 is 12.0 Å². The van der Waals surface area contributed by atoms with Crippen LogP contribution in [0.1, 0.15) is 44.1 Å². The molecule has 2 N–H and O–H groups in total. The van der Waals surface area contributed by atoms with E-state index in [9.17, 15) is 19.6 Å². The fraction of sp³-hybridized carbons (Fsp3) is 0.600. The lowest BCUT2D eigenvalue weighted by Gasteiger charge is -2.30. The molecule has 1 aliphatic carbocycles. The zero-order valence-corrected chi connectivity index (χ0v) is 16.0. The van der Waals surface area contributed by atoms with Crippen LogP contribution in [0.5, 0.6) is 0 Å². The minimum atomic E-state index is -0.540. The molecule has 2 fully saturated rings. The number of nitrogens with one attached hydrogen (secondary N) is 1. The Morgan fingerprint density at radius 1 is 1.36 bits per heavy atom. The number of carbonyl (C=O) groups is 3. The predicted octanol–water partition coefficient (Wildman–Crippen LogP) is 1.34. The van der Waals surface area contributed by atoms with Crippen LogP contribution in [0.25, 0.3) is 0 Å². The van der Waals surface area contributed by atoms with Crippen LogP contribution in [0.2, 0.25) is 0 Å². The largest absolute Gasteiger partial charge is 0.297 e. The van der Waals surface area contributed by atoms with Crippen molar-refractivity contribution in [3.63, 3.8) is 0 Å². The minimum absolute atomic E-state index is 0.0396. The maximum absolute atomic E-state index is 13.2. The minimum Gasteiger partial charge on any atom is -0.297 e. The molecule has 1 aromatic heterocycles. The Bertz CT molecular complexity index is 678. The van der Waals surface area contributed by atoms with Gasteiger partial charge in [0.1, 0.15) is 6.04 Å². The van der Waals surface area contributed by atoms with Crippen LogP contribution in [0, 0.1) is 11.8 Å². The van der Waals surface area contributed by atoms with Crippen LogP contribution in [-0.2, 0) is 20.8 Å². The van der Waals surface area contributed by atoms with Gasteiger partial charge in [-0.3, -0.25) is 29.6 Å². The standard InChI is InChI=1S/C20H28N4O4/c25-14-23(28)13-17(10-15-4-1-2-5-15)20(27)24-18(7-9-22-24)19(26)11-16-6-3-8-21-12-16/h3,6,8,12,14-15,17-18,22,28H,1-2,4-5,7,9-11,13H2/t17-,18+/m1/s1. The van der Waals surface area contributed by atoms with E-state index in [1.54, 1.807) is 18.5 Å². The summed E-state index contributed by atoms with van der Waals surface area (Å²) >= 11 is 0. The van der Waals surface area contributed by atoms with Gasteiger partial charge < -0.3 is 0 Å². The highest BCUT2D eigenvalue weighted by atomic mass is 16.5. The van der Waals surface area contributed by atoms with Crippen molar-refractivity contribution >= 4 is 18.1 Å². The highest BCUT2D eigenvalue weighted by molar-refractivity contribution is 5.91. The van der Waals surface area contributed by atoms with Crippen molar-refractivity contribution in [3.05, 3.63) is 30.1 Å². The Morgan fingerprint density at radius 2 is 2.14 bits per heavy atom. The summed E-state index contributed by atoms with van der Waals surface area (Å²) in [6.07, 6.45) is 9.44. The van der Waals surface area contributed by atoms with E-state index in [0.29, 0.717) is 36.8 Å². The average molecular weight is 388 g/mol. The van der Waals surface area contributed by atoms with Crippen molar-refractivity contribution in [2.45, 2.75) is 51.0 Å². The van der Waals surface area contributed by atoms with Crippen LogP contribution < -0.4 is 5.43 Å². The Morgan fingerprint density at radius 3 is 2.82 bits per heavy atom. The zero-order chi connectivity index (χ0) is 19.9. The van der Waals surface area contributed by atoms with E-state index in [4.69, 9.17) is 0 Å². The summed E-state index contributed by atoms with van der Waals surface area (Å²) in [5.74, 6) is -0.379. The summed E-state index contributed by atoms with van der Waals surface area (Å²) in [6.45, 7) is 0.488. The molecule has 1 aromatic rings. The first-order valence-corrected chi connectivity index (χ1v) is 9.97. The molecular weight excluding hydrogens is 360 g/mol. The number of hydroxylamine groups is 2. The van der Waals surface area contributed by atoms with Gasteiger partial charge in [0, 0.05) is 25.4 Å². The number of hydrogen-bond donors (Lipinski definition) is 2. The van der Waals surface area contributed by atoms with Gasteiger partial charge in [-0.05, 0) is 30.4 Å². The number of hydrogen-bond acceptors (Lipinski definition) is 6. The summed E-state index contributed by atoms with van der Waals surface area (Å²) in [4.78, 5) is 40.9. The molecule has 1 saturated heterocycles. The summed E-state index contributed by atoms with van der Waals surface area (Å²) in [5.41, 5.74) is 3.85. The van der Waals surface area contributed by atoms with Gasteiger partial charge in [-0.1, -0.05) is 31.7 Å². The fourth-order valence-corrected chi connectivity index (χ4v) is 4.29. The summed E-state index contributed by atoms with van der Waals surface area (Å²) < 4.78 is 0. The molecule has 0 bridgehead atoms. The number of carbonyl (C=O) groups excluding carboxylic acids is 3. The van der Waals surface area contributed by atoms with Crippen LogP contribution in [0.4, 0.5) is 0 Å². The first-order chi connectivity index (χ1) is 13.6. The molecule has 0 spiro atoms. The number of rotatable bonds is 9. The van der Waals surface area contributed by atoms with Gasteiger partial charge in [-0.2, -0.15) is 0 Å². The van der Waals surface area contributed by atoms with E-state index in [0.717, 1.165) is 31.2 Å². The van der Waals surface area contributed by atoms with Gasteiger partial charge in [0.25, 0.3) is 0 Å². The lowest BCUT2D eigenvalue weighted by atomic mass is 9.91. The maximum atomic E-state index is 13.2. The van der Waals surface area contributed by atoms with E-state index in [1.165, 1.54) is 5.01 Å². The Kier molecular flexibility index (Phi) is 7.11. The molecule has 152 valence electrons. The third kappa shape index (κ3) is 5.14. The third-order valence-corrected chi connectivity index (χ3v) is 5.69. The van der Waals surface area contributed by atoms with Crippen LogP contribution >= 0.6 is 0 Å². The molecule has 0 aromatic carbocycles. The first kappa shape index (κ1) is 20.4. The van der Waals surface area contributed by atoms with Crippen molar-refractivity contribution in [1.29, 1.82) is 0 Å². The number of Topliss-reactive ketones (excluding diaryl/α,β-unsaturated/α-hetero) is 1. The highest BCUT2D eigenvalue weighted by Gasteiger charge is 2.38. The molecule has 8 heteroatoms. The average Bonchev–Trinajstić information content (AvgIpc) is 3.39. The van der Waals surface area contributed by atoms with E-state index in [1.807, 2.05) is 6.07 Å².